The Morgan fingerprint density at radius 1 is 1.46 bits per heavy atom. The minimum absolute atomic E-state index is 0.773. The smallest absolute Gasteiger partial charge is 0.0299 e. The first-order valence-corrected chi connectivity index (χ1v) is 5.52. The molecule has 74 valence electrons. The Morgan fingerprint density at radius 2 is 2.23 bits per heavy atom. The highest BCUT2D eigenvalue weighted by Crippen LogP contribution is 2.19. The fourth-order valence-electron chi connectivity index (χ4n) is 1.18. The summed E-state index contributed by atoms with van der Waals surface area (Å²) in [5.41, 5.74) is 6.80. The molecule has 0 unspecified atom stereocenters. The number of nitrogens with two attached hydrogens (primary N) is 1. The third-order valence-corrected chi connectivity index (χ3v) is 3.23. The molecular weight excluding hydrogens is 180 g/mol. The summed E-state index contributed by atoms with van der Waals surface area (Å²) in [4.78, 5) is 2.85. The molecule has 0 radical (unpaired) electrons. The van der Waals surface area contributed by atoms with Crippen molar-refractivity contribution in [3.05, 3.63) is 21.4 Å². The summed E-state index contributed by atoms with van der Waals surface area (Å²) < 4.78 is 0. The maximum atomic E-state index is 5.40. The van der Waals surface area contributed by atoms with Gasteiger partial charge in [0.25, 0.3) is 0 Å². The highest BCUT2D eigenvalue weighted by molar-refractivity contribution is 7.12. The fraction of sp³-hybridized carbons (Fsp3) is 0.600. The minimum Gasteiger partial charge on any atom is -0.330 e. The molecule has 0 bridgehead atoms. The quantitative estimate of drug-likeness (QED) is 0.708. The van der Waals surface area contributed by atoms with Crippen LogP contribution in [0.15, 0.2) is 6.07 Å². The third kappa shape index (κ3) is 3.46. The van der Waals surface area contributed by atoms with Crippen molar-refractivity contribution in [2.45, 2.75) is 26.8 Å². The Labute approximate surface area is 84.2 Å². The molecule has 0 aromatic carbocycles. The molecule has 1 aromatic rings. The van der Waals surface area contributed by atoms with Crippen LogP contribution in [0, 0.1) is 13.8 Å². The van der Waals surface area contributed by atoms with Crippen LogP contribution in [0.25, 0.3) is 0 Å². The lowest BCUT2D eigenvalue weighted by Crippen LogP contribution is -2.17. The van der Waals surface area contributed by atoms with E-state index in [0.29, 0.717) is 0 Å². The van der Waals surface area contributed by atoms with Gasteiger partial charge in [-0.3, -0.25) is 0 Å². The van der Waals surface area contributed by atoms with Gasteiger partial charge in [-0.1, -0.05) is 0 Å². The molecule has 0 fully saturated rings. The monoisotopic (exact) mass is 198 g/mol. The molecule has 1 rings (SSSR count). The van der Waals surface area contributed by atoms with Crippen molar-refractivity contribution < 1.29 is 0 Å². The van der Waals surface area contributed by atoms with Crippen molar-refractivity contribution in [1.82, 2.24) is 5.32 Å². The lowest BCUT2D eigenvalue weighted by molar-refractivity contribution is 0.660. The number of thiophene rings is 1. The van der Waals surface area contributed by atoms with Crippen molar-refractivity contribution in [1.29, 1.82) is 0 Å². The van der Waals surface area contributed by atoms with E-state index in [1.807, 2.05) is 11.3 Å². The minimum atomic E-state index is 0.773. The van der Waals surface area contributed by atoms with E-state index in [-0.39, 0.29) is 0 Å². The van der Waals surface area contributed by atoms with Crippen molar-refractivity contribution in [3.63, 3.8) is 0 Å². The molecule has 0 aliphatic rings. The van der Waals surface area contributed by atoms with Gasteiger partial charge in [-0.15, -0.1) is 11.3 Å². The molecule has 0 amide bonds. The Bertz CT molecular complexity index is 236. The standard InChI is InChI=1S/C10H18N2S/c1-8-6-10(13-9(8)2)7-12-5-3-4-11/h6,12H,3-5,7,11H2,1-2H3. The molecule has 1 aromatic heterocycles. The SMILES string of the molecule is Cc1cc(CNCCCN)sc1C. The van der Waals surface area contributed by atoms with Crippen LogP contribution in [0.2, 0.25) is 0 Å². The lowest BCUT2D eigenvalue weighted by Gasteiger charge is -2.00. The molecule has 2 nitrogen and oxygen atoms in total. The van der Waals surface area contributed by atoms with Gasteiger partial charge in [-0.05, 0) is 45.0 Å². The zero-order valence-electron chi connectivity index (χ0n) is 8.39. The predicted octanol–water partition coefficient (Wildman–Crippen LogP) is 1.80. The van der Waals surface area contributed by atoms with E-state index in [9.17, 15) is 0 Å². The summed E-state index contributed by atoms with van der Waals surface area (Å²) in [6.45, 7) is 7.11. The summed E-state index contributed by atoms with van der Waals surface area (Å²) in [5, 5.41) is 3.37. The van der Waals surface area contributed by atoms with Crippen LogP contribution < -0.4 is 11.1 Å². The Morgan fingerprint density at radius 3 is 2.77 bits per heavy atom. The molecule has 0 aliphatic heterocycles. The second-order valence-corrected chi connectivity index (χ2v) is 4.61. The predicted molar refractivity (Wildman–Crippen MR) is 59.2 cm³/mol. The number of aryl methyl sites for hydroxylation is 2. The molecule has 0 saturated heterocycles. The van der Waals surface area contributed by atoms with Gasteiger partial charge < -0.3 is 11.1 Å². The number of rotatable bonds is 5. The van der Waals surface area contributed by atoms with Crippen LogP contribution in [-0.2, 0) is 6.54 Å². The summed E-state index contributed by atoms with van der Waals surface area (Å²) in [6.07, 6.45) is 1.06. The third-order valence-electron chi connectivity index (χ3n) is 2.07. The summed E-state index contributed by atoms with van der Waals surface area (Å²) in [5.74, 6) is 0. The van der Waals surface area contributed by atoms with Gasteiger partial charge in [0.1, 0.15) is 0 Å². The van der Waals surface area contributed by atoms with Crippen LogP contribution in [-0.4, -0.2) is 13.1 Å². The van der Waals surface area contributed by atoms with E-state index in [0.717, 1.165) is 26.1 Å². The molecule has 1 heterocycles. The van der Waals surface area contributed by atoms with Crippen LogP contribution in [0.3, 0.4) is 0 Å². The van der Waals surface area contributed by atoms with Crippen molar-refractivity contribution in [2.24, 2.45) is 5.73 Å². The van der Waals surface area contributed by atoms with E-state index in [1.165, 1.54) is 15.3 Å². The van der Waals surface area contributed by atoms with E-state index in [2.05, 4.69) is 25.2 Å². The molecule has 13 heavy (non-hydrogen) atoms. The number of nitrogens with one attached hydrogen (secondary N) is 1. The van der Waals surface area contributed by atoms with E-state index < -0.39 is 0 Å². The average Bonchev–Trinajstić information content (AvgIpc) is 2.41. The van der Waals surface area contributed by atoms with Gasteiger partial charge in [0.05, 0.1) is 0 Å². The summed E-state index contributed by atoms with van der Waals surface area (Å²) in [6, 6.07) is 2.26. The fourth-order valence-corrected chi connectivity index (χ4v) is 2.20. The van der Waals surface area contributed by atoms with Crippen LogP contribution in [0.4, 0.5) is 0 Å². The Hall–Kier alpha value is -0.380. The molecule has 0 saturated carbocycles. The Balaban J connectivity index is 2.29. The van der Waals surface area contributed by atoms with Crippen LogP contribution in [0.1, 0.15) is 21.7 Å². The highest BCUT2D eigenvalue weighted by Gasteiger charge is 1.99. The normalized spacial score (nSPS) is 10.7. The maximum Gasteiger partial charge on any atom is 0.0299 e. The van der Waals surface area contributed by atoms with Crippen LogP contribution >= 0.6 is 11.3 Å². The van der Waals surface area contributed by atoms with E-state index in [4.69, 9.17) is 5.73 Å². The second-order valence-electron chi connectivity index (χ2n) is 3.27. The highest BCUT2D eigenvalue weighted by atomic mass is 32.1. The Kier molecular flexibility index (Phi) is 4.42. The number of hydrogen-bond acceptors (Lipinski definition) is 3. The van der Waals surface area contributed by atoms with Gasteiger partial charge in [0.15, 0.2) is 0 Å². The first-order chi connectivity index (χ1) is 6.24. The lowest BCUT2D eigenvalue weighted by atomic mass is 10.3. The average molecular weight is 198 g/mol. The van der Waals surface area contributed by atoms with E-state index in [1.54, 1.807) is 0 Å². The molecule has 3 N–H and O–H groups in total. The van der Waals surface area contributed by atoms with Crippen LogP contribution in [0.5, 0.6) is 0 Å². The first kappa shape index (κ1) is 10.7. The zero-order chi connectivity index (χ0) is 9.68. The van der Waals surface area contributed by atoms with Gasteiger partial charge in [0, 0.05) is 16.3 Å². The van der Waals surface area contributed by atoms with Gasteiger partial charge >= 0.3 is 0 Å². The maximum absolute atomic E-state index is 5.40. The van der Waals surface area contributed by atoms with Crippen molar-refractivity contribution in [3.8, 4) is 0 Å². The number of hydrogen-bond donors (Lipinski definition) is 2. The van der Waals surface area contributed by atoms with Crippen molar-refractivity contribution in [2.75, 3.05) is 13.1 Å². The molecule has 0 aliphatic carbocycles. The second kappa shape index (κ2) is 5.37. The van der Waals surface area contributed by atoms with Gasteiger partial charge in [-0.2, -0.15) is 0 Å². The topological polar surface area (TPSA) is 38.0 Å². The van der Waals surface area contributed by atoms with Crippen molar-refractivity contribution >= 4 is 11.3 Å². The first-order valence-electron chi connectivity index (χ1n) is 4.70. The largest absolute Gasteiger partial charge is 0.330 e. The summed E-state index contributed by atoms with van der Waals surface area (Å²) in [7, 11) is 0. The van der Waals surface area contributed by atoms with Gasteiger partial charge in [-0.25, -0.2) is 0 Å². The molecule has 0 atom stereocenters. The molecular formula is C10H18N2S. The molecule has 3 heteroatoms. The van der Waals surface area contributed by atoms with Gasteiger partial charge in [0.2, 0.25) is 0 Å². The van der Waals surface area contributed by atoms with E-state index >= 15 is 0 Å². The summed E-state index contributed by atoms with van der Waals surface area (Å²) >= 11 is 1.88. The zero-order valence-corrected chi connectivity index (χ0v) is 9.21. The molecule has 0 spiro atoms.